The molecule has 0 aliphatic rings. The average Bonchev–Trinajstić information content (AvgIpc) is 2.80. The molecule has 1 heterocycles. The van der Waals surface area contributed by atoms with Gasteiger partial charge in [-0.3, -0.25) is 0 Å². The highest BCUT2D eigenvalue weighted by Gasteiger charge is 2.12. The quantitative estimate of drug-likeness (QED) is 0.745. The number of hydrogen-bond donors (Lipinski definition) is 1. The van der Waals surface area contributed by atoms with E-state index in [9.17, 15) is 8.78 Å². The molecule has 1 N–H and O–H groups in total. The summed E-state index contributed by atoms with van der Waals surface area (Å²) in [5.41, 5.74) is 2.84. The van der Waals surface area contributed by atoms with Gasteiger partial charge in [0.25, 0.3) is 0 Å². The summed E-state index contributed by atoms with van der Waals surface area (Å²) in [6, 6.07) is 10.5. The van der Waals surface area contributed by atoms with Crippen LogP contribution in [0.15, 0.2) is 36.4 Å². The van der Waals surface area contributed by atoms with Crippen LogP contribution in [0.4, 0.5) is 8.78 Å². The van der Waals surface area contributed by atoms with Crippen LogP contribution in [0.2, 0.25) is 0 Å². The van der Waals surface area contributed by atoms with Crippen molar-refractivity contribution in [3.8, 4) is 0 Å². The summed E-state index contributed by atoms with van der Waals surface area (Å²) in [5.74, 6) is -1.14. The molecule has 0 spiro atoms. The van der Waals surface area contributed by atoms with Crippen molar-refractivity contribution in [3.05, 3.63) is 65.0 Å². The molecule has 0 radical (unpaired) electrons. The summed E-state index contributed by atoms with van der Waals surface area (Å²) in [4.78, 5) is 7.16. The third kappa shape index (κ3) is 2.10. The fourth-order valence-electron chi connectivity index (χ4n) is 2.14. The Hall–Kier alpha value is -2.23. The summed E-state index contributed by atoms with van der Waals surface area (Å²) in [5, 5.41) is 0. The van der Waals surface area contributed by atoms with Crippen LogP contribution in [-0.4, -0.2) is 9.97 Å². The number of aryl methyl sites for hydroxylation is 1. The van der Waals surface area contributed by atoms with E-state index in [0.29, 0.717) is 17.8 Å². The Kier molecular flexibility index (Phi) is 2.78. The minimum Gasteiger partial charge on any atom is -0.342 e. The fourth-order valence-corrected chi connectivity index (χ4v) is 2.14. The SMILES string of the molecule is Cc1ccccc1Cc1nc2c(F)c(F)ccc2[nH]1. The van der Waals surface area contributed by atoms with E-state index in [1.54, 1.807) is 0 Å². The van der Waals surface area contributed by atoms with Crippen LogP contribution in [0.1, 0.15) is 17.0 Å². The van der Waals surface area contributed by atoms with Gasteiger partial charge in [0.1, 0.15) is 11.3 Å². The van der Waals surface area contributed by atoms with Crippen molar-refractivity contribution in [1.29, 1.82) is 0 Å². The number of aromatic nitrogens is 2. The molecule has 0 unspecified atom stereocenters. The second-order valence-electron chi connectivity index (χ2n) is 4.54. The number of aromatic amines is 1. The van der Waals surface area contributed by atoms with E-state index >= 15 is 0 Å². The first kappa shape index (κ1) is 11.8. The van der Waals surface area contributed by atoms with Crippen LogP contribution in [-0.2, 0) is 6.42 Å². The first-order chi connectivity index (χ1) is 9.15. The van der Waals surface area contributed by atoms with Crippen molar-refractivity contribution in [1.82, 2.24) is 9.97 Å². The predicted octanol–water partition coefficient (Wildman–Crippen LogP) is 3.74. The molecule has 1 aromatic heterocycles. The van der Waals surface area contributed by atoms with Gasteiger partial charge in [-0.25, -0.2) is 13.8 Å². The van der Waals surface area contributed by atoms with Crippen molar-refractivity contribution in [2.75, 3.05) is 0 Å². The molecular formula is C15H12F2N2. The van der Waals surface area contributed by atoms with Gasteiger partial charge in [-0.2, -0.15) is 0 Å². The molecule has 19 heavy (non-hydrogen) atoms. The molecule has 0 amide bonds. The maximum atomic E-state index is 13.6. The lowest BCUT2D eigenvalue weighted by molar-refractivity contribution is 0.515. The van der Waals surface area contributed by atoms with E-state index in [4.69, 9.17) is 0 Å². The summed E-state index contributed by atoms with van der Waals surface area (Å²) in [7, 11) is 0. The molecule has 0 atom stereocenters. The van der Waals surface area contributed by atoms with E-state index in [-0.39, 0.29) is 5.52 Å². The van der Waals surface area contributed by atoms with Gasteiger partial charge in [0.05, 0.1) is 5.52 Å². The third-order valence-electron chi connectivity index (χ3n) is 3.21. The highest BCUT2D eigenvalue weighted by Crippen LogP contribution is 2.20. The zero-order valence-corrected chi connectivity index (χ0v) is 10.4. The molecule has 3 aromatic rings. The van der Waals surface area contributed by atoms with Crippen molar-refractivity contribution in [3.63, 3.8) is 0 Å². The summed E-state index contributed by atoms with van der Waals surface area (Å²) in [6.07, 6.45) is 0.572. The topological polar surface area (TPSA) is 28.7 Å². The van der Waals surface area contributed by atoms with E-state index in [1.807, 2.05) is 31.2 Å². The predicted molar refractivity (Wildman–Crippen MR) is 70.0 cm³/mol. The summed E-state index contributed by atoms with van der Waals surface area (Å²) >= 11 is 0. The molecule has 0 saturated heterocycles. The lowest BCUT2D eigenvalue weighted by atomic mass is 10.1. The van der Waals surface area contributed by atoms with Crippen LogP contribution in [0.25, 0.3) is 11.0 Å². The maximum absolute atomic E-state index is 13.6. The molecule has 0 aliphatic heterocycles. The minimum atomic E-state index is -0.898. The molecule has 0 fully saturated rings. The lowest BCUT2D eigenvalue weighted by Gasteiger charge is -2.02. The third-order valence-corrected chi connectivity index (χ3v) is 3.21. The molecule has 2 nitrogen and oxygen atoms in total. The lowest BCUT2D eigenvalue weighted by Crippen LogP contribution is -1.93. The Morgan fingerprint density at radius 2 is 1.89 bits per heavy atom. The Morgan fingerprint density at radius 1 is 1.11 bits per heavy atom. The van der Waals surface area contributed by atoms with Gasteiger partial charge >= 0.3 is 0 Å². The average molecular weight is 258 g/mol. The number of nitrogens with one attached hydrogen (secondary N) is 1. The zero-order valence-electron chi connectivity index (χ0n) is 10.4. The van der Waals surface area contributed by atoms with Crippen molar-refractivity contribution < 1.29 is 8.78 Å². The number of halogens is 2. The second kappa shape index (κ2) is 4.46. The number of benzene rings is 2. The Bertz CT molecular complexity index is 747. The van der Waals surface area contributed by atoms with Crippen LogP contribution < -0.4 is 0 Å². The maximum Gasteiger partial charge on any atom is 0.186 e. The van der Waals surface area contributed by atoms with E-state index in [0.717, 1.165) is 17.2 Å². The normalized spacial score (nSPS) is 11.1. The molecule has 2 aromatic carbocycles. The highest BCUT2D eigenvalue weighted by molar-refractivity contribution is 5.75. The van der Waals surface area contributed by atoms with Crippen molar-refractivity contribution >= 4 is 11.0 Å². The van der Waals surface area contributed by atoms with Crippen LogP contribution in [0, 0.1) is 18.6 Å². The van der Waals surface area contributed by atoms with E-state index in [2.05, 4.69) is 9.97 Å². The minimum absolute atomic E-state index is 0.0589. The Balaban J connectivity index is 2.03. The van der Waals surface area contributed by atoms with Crippen LogP contribution in [0.3, 0.4) is 0 Å². The number of rotatable bonds is 2. The number of fused-ring (bicyclic) bond motifs is 1. The number of hydrogen-bond acceptors (Lipinski definition) is 1. The van der Waals surface area contributed by atoms with Gasteiger partial charge in [-0.1, -0.05) is 24.3 Å². The smallest absolute Gasteiger partial charge is 0.186 e. The van der Waals surface area contributed by atoms with E-state index < -0.39 is 11.6 Å². The first-order valence-electron chi connectivity index (χ1n) is 6.02. The molecule has 0 bridgehead atoms. The molecule has 96 valence electrons. The Labute approximate surface area is 109 Å². The van der Waals surface area contributed by atoms with Gasteiger partial charge in [0.2, 0.25) is 0 Å². The summed E-state index contributed by atoms with van der Waals surface area (Å²) in [6.45, 7) is 2.01. The first-order valence-corrected chi connectivity index (χ1v) is 6.02. The van der Waals surface area contributed by atoms with Gasteiger partial charge in [-0.15, -0.1) is 0 Å². The van der Waals surface area contributed by atoms with Gasteiger partial charge in [0.15, 0.2) is 11.6 Å². The van der Waals surface area contributed by atoms with Gasteiger partial charge in [-0.05, 0) is 30.2 Å². The van der Waals surface area contributed by atoms with Crippen molar-refractivity contribution in [2.24, 2.45) is 0 Å². The number of nitrogens with zero attached hydrogens (tertiary/aromatic N) is 1. The number of imidazole rings is 1. The van der Waals surface area contributed by atoms with Crippen LogP contribution in [0.5, 0.6) is 0 Å². The van der Waals surface area contributed by atoms with Gasteiger partial charge < -0.3 is 4.98 Å². The van der Waals surface area contributed by atoms with Crippen molar-refractivity contribution in [2.45, 2.75) is 13.3 Å². The molecule has 0 aliphatic carbocycles. The monoisotopic (exact) mass is 258 g/mol. The largest absolute Gasteiger partial charge is 0.342 e. The highest BCUT2D eigenvalue weighted by atomic mass is 19.2. The van der Waals surface area contributed by atoms with E-state index in [1.165, 1.54) is 6.07 Å². The molecule has 0 saturated carbocycles. The fraction of sp³-hybridized carbons (Fsp3) is 0.133. The standard InChI is InChI=1S/C15H12F2N2/c1-9-4-2-3-5-10(9)8-13-18-12-7-6-11(16)14(17)15(12)19-13/h2-7H,8H2,1H3,(H,18,19). The molecular weight excluding hydrogens is 246 g/mol. The zero-order chi connectivity index (χ0) is 13.4. The summed E-state index contributed by atoms with van der Waals surface area (Å²) < 4.78 is 26.7. The number of H-pyrrole nitrogens is 1. The molecule has 3 rings (SSSR count). The van der Waals surface area contributed by atoms with Crippen LogP contribution >= 0.6 is 0 Å². The van der Waals surface area contributed by atoms with Gasteiger partial charge in [0, 0.05) is 6.42 Å². The second-order valence-corrected chi connectivity index (χ2v) is 4.54. The Morgan fingerprint density at radius 3 is 2.68 bits per heavy atom. The molecule has 4 heteroatoms.